The number of nitrogens with one attached hydrogen (secondary N) is 1. The summed E-state index contributed by atoms with van der Waals surface area (Å²) in [6.07, 6.45) is -0.828. The molecule has 0 spiro atoms. The SMILES string of the molecule is CCOC(=O)NC1COCCO1. The van der Waals surface area contributed by atoms with Gasteiger partial charge in [0.15, 0.2) is 6.23 Å². The lowest BCUT2D eigenvalue weighted by Crippen LogP contribution is -2.43. The molecule has 70 valence electrons. The Morgan fingerprint density at radius 2 is 2.50 bits per heavy atom. The van der Waals surface area contributed by atoms with Crippen molar-refractivity contribution in [1.29, 1.82) is 0 Å². The number of ether oxygens (including phenoxy) is 3. The largest absolute Gasteiger partial charge is 0.450 e. The number of rotatable bonds is 2. The fraction of sp³-hybridized carbons (Fsp3) is 0.857. The van der Waals surface area contributed by atoms with Crippen LogP contribution < -0.4 is 5.32 Å². The average molecular weight is 175 g/mol. The van der Waals surface area contributed by atoms with Gasteiger partial charge in [-0.3, -0.25) is 5.32 Å². The summed E-state index contributed by atoms with van der Waals surface area (Å²) in [4.78, 5) is 10.8. The van der Waals surface area contributed by atoms with Crippen LogP contribution in [0.5, 0.6) is 0 Å². The van der Waals surface area contributed by atoms with E-state index in [1.807, 2.05) is 0 Å². The normalized spacial score (nSPS) is 23.2. The Kier molecular flexibility index (Phi) is 3.83. The third kappa shape index (κ3) is 3.06. The van der Waals surface area contributed by atoms with Crippen molar-refractivity contribution in [2.24, 2.45) is 0 Å². The van der Waals surface area contributed by atoms with E-state index < -0.39 is 6.09 Å². The quantitative estimate of drug-likeness (QED) is 0.647. The first-order valence-corrected chi connectivity index (χ1v) is 3.95. The van der Waals surface area contributed by atoms with Crippen molar-refractivity contribution in [2.45, 2.75) is 13.2 Å². The van der Waals surface area contributed by atoms with Crippen molar-refractivity contribution in [3.05, 3.63) is 0 Å². The summed E-state index contributed by atoms with van der Waals surface area (Å²) in [7, 11) is 0. The standard InChI is InChI=1S/C7H13NO4/c1-2-11-7(9)8-6-5-10-3-4-12-6/h6H,2-5H2,1H3,(H,8,9). The predicted molar refractivity (Wildman–Crippen MR) is 40.7 cm³/mol. The van der Waals surface area contributed by atoms with Gasteiger partial charge in [0.2, 0.25) is 0 Å². The maximum absolute atomic E-state index is 10.8. The fourth-order valence-electron chi connectivity index (χ4n) is 0.875. The Morgan fingerprint density at radius 1 is 1.67 bits per heavy atom. The van der Waals surface area contributed by atoms with E-state index in [4.69, 9.17) is 9.47 Å². The van der Waals surface area contributed by atoms with E-state index in [1.54, 1.807) is 6.92 Å². The second-order valence-corrected chi connectivity index (χ2v) is 2.30. The van der Waals surface area contributed by atoms with Gasteiger partial charge in [-0.2, -0.15) is 0 Å². The van der Waals surface area contributed by atoms with E-state index >= 15 is 0 Å². The molecule has 1 aliphatic heterocycles. The van der Waals surface area contributed by atoms with Crippen LogP contribution in [0.3, 0.4) is 0 Å². The highest BCUT2D eigenvalue weighted by atomic mass is 16.6. The van der Waals surface area contributed by atoms with Gasteiger partial charge in [-0.1, -0.05) is 0 Å². The first-order valence-electron chi connectivity index (χ1n) is 3.95. The first kappa shape index (κ1) is 9.28. The molecule has 0 aromatic rings. The van der Waals surface area contributed by atoms with E-state index in [2.05, 4.69) is 10.1 Å². The van der Waals surface area contributed by atoms with Gasteiger partial charge in [-0.05, 0) is 6.92 Å². The van der Waals surface area contributed by atoms with Gasteiger partial charge in [-0.25, -0.2) is 4.79 Å². The van der Waals surface area contributed by atoms with Gasteiger partial charge in [0.05, 0.1) is 26.4 Å². The topological polar surface area (TPSA) is 56.8 Å². The second-order valence-electron chi connectivity index (χ2n) is 2.30. The number of carbonyl (C=O) groups excluding carboxylic acids is 1. The lowest BCUT2D eigenvalue weighted by atomic mass is 10.5. The van der Waals surface area contributed by atoms with Crippen LogP contribution in [0.2, 0.25) is 0 Å². The van der Waals surface area contributed by atoms with Crippen molar-refractivity contribution in [3.8, 4) is 0 Å². The number of carbonyl (C=O) groups is 1. The maximum atomic E-state index is 10.8. The summed E-state index contributed by atoms with van der Waals surface area (Å²) in [6.45, 7) is 3.59. The minimum absolute atomic E-state index is 0.361. The van der Waals surface area contributed by atoms with Crippen LogP contribution >= 0.6 is 0 Å². The molecule has 0 aliphatic carbocycles. The van der Waals surface area contributed by atoms with E-state index in [-0.39, 0.29) is 6.23 Å². The first-order chi connectivity index (χ1) is 5.83. The molecule has 1 atom stereocenters. The number of alkyl carbamates (subject to hydrolysis) is 1. The Balaban J connectivity index is 2.15. The zero-order valence-electron chi connectivity index (χ0n) is 7.04. The molecule has 1 rings (SSSR count). The molecule has 1 N–H and O–H groups in total. The molecule has 0 bridgehead atoms. The van der Waals surface area contributed by atoms with Gasteiger partial charge >= 0.3 is 6.09 Å². The molecule has 0 radical (unpaired) electrons. The molecular formula is C7H13NO4. The molecule has 1 saturated heterocycles. The molecule has 0 aromatic carbocycles. The molecule has 1 amide bonds. The van der Waals surface area contributed by atoms with Gasteiger partial charge < -0.3 is 14.2 Å². The minimum Gasteiger partial charge on any atom is -0.450 e. The zero-order chi connectivity index (χ0) is 8.81. The summed E-state index contributed by atoms with van der Waals surface area (Å²) >= 11 is 0. The van der Waals surface area contributed by atoms with E-state index in [0.717, 1.165) is 0 Å². The third-order valence-electron chi connectivity index (χ3n) is 1.37. The van der Waals surface area contributed by atoms with Gasteiger partial charge in [0.1, 0.15) is 0 Å². The Morgan fingerprint density at radius 3 is 3.08 bits per heavy atom. The number of amides is 1. The minimum atomic E-state index is -0.465. The van der Waals surface area contributed by atoms with Crippen LogP contribution in [-0.2, 0) is 14.2 Å². The van der Waals surface area contributed by atoms with Crippen LogP contribution in [0.25, 0.3) is 0 Å². The van der Waals surface area contributed by atoms with Crippen LogP contribution in [0.4, 0.5) is 4.79 Å². The molecule has 5 nitrogen and oxygen atoms in total. The van der Waals surface area contributed by atoms with Crippen molar-refractivity contribution < 1.29 is 19.0 Å². The van der Waals surface area contributed by atoms with E-state index in [9.17, 15) is 4.79 Å². The van der Waals surface area contributed by atoms with Crippen LogP contribution in [-0.4, -0.2) is 38.7 Å². The molecule has 1 heterocycles. The van der Waals surface area contributed by atoms with Crippen molar-refractivity contribution in [1.82, 2.24) is 5.32 Å². The molecule has 1 unspecified atom stereocenters. The van der Waals surface area contributed by atoms with Crippen LogP contribution in [0.15, 0.2) is 0 Å². The van der Waals surface area contributed by atoms with Crippen LogP contribution in [0.1, 0.15) is 6.92 Å². The second kappa shape index (κ2) is 4.95. The molecule has 1 aliphatic rings. The average Bonchev–Trinajstić information content (AvgIpc) is 2.06. The smallest absolute Gasteiger partial charge is 0.409 e. The Hall–Kier alpha value is -0.810. The van der Waals surface area contributed by atoms with E-state index in [1.165, 1.54) is 0 Å². The fourth-order valence-corrected chi connectivity index (χ4v) is 0.875. The van der Waals surface area contributed by atoms with Crippen molar-refractivity contribution >= 4 is 6.09 Å². The number of hydrogen-bond donors (Lipinski definition) is 1. The Bertz CT molecular complexity index is 144. The summed E-state index contributed by atoms with van der Waals surface area (Å²) in [5, 5.41) is 2.51. The lowest BCUT2D eigenvalue weighted by molar-refractivity contribution is -0.0986. The third-order valence-corrected chi connectivity index (χ3v) is 1.37. The van der Waals surface area contributed by atoms with Crippen LogP contribution in [0, 0.1) is 0 Å². The van der Waals surface area contributed by atoms with Gasteiger partial charge in [0, 0.05) is 0 Å². The Labute approximate surface area is 71.0 Å². The van der Waals surface area contributed by atoms with Gasteiger partial charge in [-0.15, -0.1) is 0 Å². The summed E-state index contributed by atoms with van der Waals surface area (Å²) in [5.74, 6) is 0. The molecule has 0 aromatic heterocycles. The van der Waals surface area contributed by atoms with E-state index in [0.29, 0.717) is 26.4 Å². The van der Waals surface area contributed by atoms with Crippen molar-refractivity contribution in [3.63, 3.8) is 0 Å². The lowest BCUT2D eigenvalue weighted by Gasteiger charge is -2.23. The highest BCUT2D eigenvalue weighted by Crippen LogP contribution is 1.97. The zero-order valence-corrected chi connectivity index (χ0v) is 7.04. The maximum Gasteiger partial charge on any atom is 0.409 e. The summed E-state index contributed by atoms with van der Waals surface area (Å²) in [5.41, 5.74) is 0. The molecular weight excluding hydrogens is 162 g/mol. The van der Waals surface area contributed by atoms with Crippen molar-refractivity contribution in [2.75, 3.05) is 26.4 Å². The number of hydrogen-bond acceptors (Lipinski definition) is 4. The summed E-state index contributed by atoms with van der Waals surface area (Å²) < 4.78 is 14.9. The molecule has 12 heavy (non-hydrogen) atoms. The molecule has 0 saturated carbocycles. The highest BCUT2D eigenvalue weighted by molar-refractivity contribution is 5.67. The predicted octanol–water partition coefficient (Wildman–Crippen LogP) is 0.105. The summed E-state index contributed by atoms with van der Waals surface area (Å²) in [6, 6.07) is 0. The molecule has 1 fully saturated rings. The molecule has 5 heteroatoms. The highest BCUT2D eigenvalue weighted by Gasteiger charge is 2.16. The monoisotopic (exact) mass is 175 g/mol. The van der Waals surface area contributed by atoms with Gasteiger partial charge in [0.25, 0.3) is 0 Å².